The molecule has 1 heterocycles. The summed E-state index contributed by atoms with van der Waals surface area (Å²) >= 11 is 11.3. The lowest BCUT2D eigenvalue weighted by Crippen LogP contribution is -2.50. The molecule has 1 saturated heterocycles. The van der Waals surface area contributed by atoms with Crippen molar-refractivity contribution >= 4 is 52.3 Å². The maximum absolute atomic E-state index is 13.0. The Hall–Kier alpha value is -2.97. The number of amides is 3. The first-order valence-electron chi connectivity index (χ1n) is 8.41. The second-order valence-electron chi connectivity index (χ2n) is 6.00. The van der Waals surface area contributed by atoms with Gasteiger partial charge in [0.1, 0.15) is 6.04 Å². The van der Waals surface area contributed by atoms with Gasteiger partial charge >= 0.3 is 0 Å². The van der Waals surface area contributed by atoms with Crippen LogP contribution in [0.25, 0.3) is 0 Å². The molecule has 1 unspecified atom stereocenters. The van der Waals surface area contributed by atoms with Crippen molar-refractivity contribution in [1.82, 2.24) is 15.8 Å². The number of nitrogens with one attached hydrogen (secondary N) is 2. The van der Waals surface area contributed by atoms with Gasteiger partial charge in [-0.15, -0.1) is 0 Å². The molecule has 1 fully saturated rings. The standard InChI is InChI=1S/C19H17ClN4O3S/c1-21-16(25)11-15-18(27)23(14-5-3-2-4-6-14)19(28)24(15)22-17(26)12-7-9-13(20)10-8-12/h2-10,15H,11H2,1H3,(H,21,25)(H,22,26). The average Bonchev–Trinajstić information content (AvgIpc) is 2.92. The number of halogens is 1. The summed E-state index contributed by atoms with van der Waals surface area (Å²) < 4.78 is 0. The molecule has 0 saturated carbocycles. The fraction of sp³-hybridized carbons (Fsp3) is 0.158. The Morgan fingerprint density at radius 2 is 1.75 bits per heavy atom. The van der Waals surface area contributed by atoms with E-state index >= 15 is 0 Å². The van der Waals surface area contributed by atoms with E-state index in [1.165, 1.54) is 17.0 Å². The van der Waals surface area contributed by atoms with Gasteiger partial charge in [0.25, 0.3) is 11.8 Å². The predicted octanol–water partition coefficient (Wildman–Crippen LogP) is 2.12. The highest BCUT2D eigenvalue weighted by atomic mass is 35.5. The molecule has 3 amide bonds. The summed E-state index contributed by atoms with van der Waals surface area (Å²) in [6.07, 6.45) is -0.153. The van der Waals surface area contributed by atoms with Gasteiger partial charge in [-0.2, -0.15) is 0 Å². The molecule has 1 atom stereocenters. The van der Waals surface area contributed by atoms with Crippen molar-refractivity contribution < 1.29 is 14.4 Å². The smallest absolute Gasteiger partial charge is 0.269 e. The molecular formula is C19H17ClN4O3S. The topological polar surface area (TPSA) is 81.8 Å². The first-order chi connectivity index (χ1) is 13.4. The third kappa shape index (κ3) is 3.97. The number of thiocarbonyl (C=S) groups is 1. The number of nitrogens with zero attached hydrogens (tertiary/aromatic N) is 2. The summed E-state index contributed by atoms with van der Waals surface area (Å²) in [5.41, 5.74) is 3.54. The Balaban J connectivity index is 1.90. The van der Waals surface area contributed by atoms with Gasteiger partial charge in [-0.25, -0.2) is 5.01 Å². The van der Waals surface area contributed by atoms with Crippen LogP contribution in [0, 0.1) is 0 Å². The Bertz CT molecular complexity index is 921. The van der Waals surface area contributed by atoms with Crippen molar-refractivity contribution in [1.29, 1.82) is 0 Å². The lowest BCUT2D eigenvalue weighted by atomic mass is 10.2. The SMILES string of the molecule is CNC(=O)CC1C(=O)N(c2ccccc2)C(=S)N1NC(=O)c1ccc(Cl)cc1. The van der Waals surface area contributed by atoms with Crippen LogP contribution in [-0.4, -0.2) is 40.9 Å². The van der Waals surface area contributed by atoms with Crippen molar-refractivity contribution in [3.05, 3.63) is 65.2 Å². The lowest BCUT2D eigenvalue weighted by Gasteiger charge is -2.24. The molecule has 9 heteroatoms. The summed E-state index contributed by atoms with van der Waals surface area (Å²) in [5, 5.41) is 4.33. The van der Waals surface area contributed by atoms with Gasteiger partial charge < -0.3 is 5.32 Å². The highest BCUT2D eigenvalue weighted by Crippen LogP contribution is 2.26. The van der Waals surface area contributed by atoms with Crippen LogP contribution in [0.4, 0.5) is 5.69 Å². The second kappa shape index (κ2) is 8.37. The molecule has 0 radical (unpaired) electrons. The molecule has 2 N–H and O–H groups in total. The first kappa shape index (κ1) is 19.8. The van der Waals surface area contributed by atoms with Crippen molar-refractivity contribution in [3.8, 4) is 0 Å². The van der Waals surface area contributed by atoms with Gasteiger partial charge in [-0.3, -0.25) is 24.7 Å². The first-order valence-corrected chi connectivity index (χ1v) is 9.20. The van der Waals surface area contributed by atoms with E-state index in [9.17, 15) is 14.4 Å². The highest BCUT2D eigenvalue weighted by molar-refractivity contribution is 7.80. The molecule has 0 bridgehead atoms. The summed E-state index contributed by atoms with van der Waals surface area (Å²) in [7, 11) is 1.48. The third-order valence-electron chi connectivity index (χ3n) is 4.21. The van der Waals surface area contributed by atoms with E-state index in [0.29, 0.717) is 16.3 Å². The Morgan fingerprint density at radius 1 is 1.11 bits per heavy atom. The number of hydrogen-bond donors (Lipinski definition) is 2. The molecule has 3 rings (SSSR count). The summed E-state index contributed by atoms with van der Waals surface area (Å²) in [5.74, 6) is -1.21. The number of hydrazine groups is 1. The van der Waals surface area contributed by atoms with Crippen LogP contribution in [0.1, 0.15) is 16.8 Å². The Labute approximate surface area is 172 Å². The fourth-order valence-corrected chi connectivity index (χ4v) is 3.26. The molecule has 1 aliphatic heterocycles. The van der Waals surface area contributed by atoms with E-state index in [1.807, 2.05) is 6.07 Å². The largest absolute Gasteiger partial charge is 0.359 e. The van der Waals surface area contributed by atoms with Crippen LogP contribution in [0.3, 0.4) is 0 Å². The number of para-hydroxylation sites is 1. The van der Waals surface area contributed by atoms with Crippen LogP contribution in [0.2, 0.25) is 5.02 Å². The minimum Gasteiger partial charge on any atom is -0.359 e. The molecule has 2 aromatic carbocycles. The average molecular weight is 417 g/mol. The second-order valence-corrected chi connectivity index (χ2v) is 6.80. The molecule has 0 spiro atoms. The predicted molar refractivity (Wildman–Crippen MR) is 110 cm³/mol. The molecule has 0 aromatic heterocycles. The summed E-state index contributed by atoms with van der Waals surface area (Å²) in [4.78, 5) is 38.8. The van der Waals surface area contributed by atoms with E-state index in [1.54, 1.807) is 48.5 Å². The van der Waals surface area contributed by atoms with Gasteiger partial charge in [-0.05, 0) is 48.6 Å². The number of anilines is 1. The van der Waals surface area contributed by atoms with Crippen LogP contribution in [0.5, 0.6) is 0 Å². The monoisotopic (exact) mass is 416 g/mol. The van der Waals surface area contributed by atoms with Gasteiger partial charge in [0.2, 0.25) is 11.0 Å². The Kier molecular flexibility index (Phi) is 5.91. The minimum absolute atomic E-state index is 0.0902. The number of carbonyl (C=O) groups is 3. The zero-order chi connectivity index (χ0) is 20.3. The quantitative estimate of drug-likeness (QED) is 0.730. The lowest BCUT2D eigenvalue weighted by molar-refractivity contribution is -0.127. The van der Waals surface area contributed by atoms with E-state index in [-0.39, 0.29) is 17.4 Å². The van der Waals surface area contributed by atoms with Crippen molar-refractivity contribution in [2.75, 3.05) is 11.9 Å². The van der Waals surface area contributed by atoms with Gasteiger partial charge in [-0.1, -0.05) is 29.8 Å². The maximum atomic E-state index is 13.0. The zero-order valence-corrected chi connectivity index (χ0v) is 16.5. The number of carbonyl (C=O) groups excluding carboxylic acids is 3. The van der Waals surface area contributed by atoms with Crippen LogP contribution >= 0.6 is 23.8 Å². The van der Waals surface area contributed by atoms with Crippen molar-refractivity contribution in [2.45, 2.75) is 12.5 Å². The normalized spacial score (nSPS) is 16.3. The number of rotatable bonds is 5. The van der Waals surface area contributed by atoms with Crippen molar-refractivity contribution in [3.63, 3.8) is 0 Å². The number of benzene rings is 2. The fourth-order valence-electron chi connectivity index (χ4n) is 2.77. The molecule has 28 heavy (non-hydrogen) atoms. The molecule has 0 aliphatic carbocycles. The van der Waals surface area contributed by atoms with E-state index in [4.69, 9.17) is 23.8 Å². The molecule has 1 aliphatic rings. The Morgan fingerprint density at radius 3 is 2.36 bits per heavy atom. The summed E-state index contributed by atoms with van der Waals surface area (Å²) in [6, 6.07) is 14.1. The molecule has 2 aromatic rings. The molecular weight excluding hydrogens is 400 g/mol. The van der Waals surface area contributed by atoms with E-state index in [2.05, 4.69) is 10.7 Å². The van der Waals surface area contributed by atoms with Gasteiger partial charge in [0.15, 0.2) is 0 Å². The number of hydrogen-bond acceptors (Lipinski definition) is 4. The molecule has 144 valence electrons. The van der Waals surface area contributed by atoms with Crippen LogP contribution in [-0.2, 0) is 9.59 Å². The summed E-state index contributed by atoms with van der Waals surface area (Å²) in [6.45, 7) is 0. The van der Waals surface area contributed by atoms with Crippen LogP contribution in [0.15, 0.2) is 54.6 Å². The van der Waals surface area contributed by atoms with Gasteiger partial charge in [0.05, 0.1) is 12.1 Å². The zero-order valence-electron chi connectivity index (χ0n) is 14.9. The minimum atomic E-state index is -0.955. The maximum Gasteiger partial charge on any atom is 0.269 e. The highest BCUT2D eigenvalue weighted by Gasteiger charge is 2.45. The van der Waals surface area contributed by atoms with E-state index in [0.717, 1.165) is 0 Å². The van der Waals surface area contributed by atoms with Crippen molar-refractivity contribution in [2.24, 2.45) is 0 Å². The van der Waals surface area contributed by atoms with Gasteiger partial charge in [0, 0.05) is 17.6 Å². The molecule has 7 nitrogen and oxygen atoms in total. The van der Waals surface area contributed by atoms with Crippen LogP contribution < -0.4 is 15.6 Å². The third-order valence-corrected chi connectivity index (χ3v) is 4.85. The van der Waals surface area contributed by atoms with E-state index < -0.39 is 17.9 Å².